The van der Waals surface area contributed by atoms with Crippen molar-refractivity contribution in [2.24, 2.45) is 0 Å². The van der Waals surface area contributed by atoms with Crippen LogP contribution in [0.2, 0.25) is 0 Å². The Labute approximate surface area is 95.5 Å². The smallest absolute Gasteiger partial charge is 0.241 e. The highest BCUT2D eigenvalue weighted by Gasteiger charge is 2.20. The number of carbonyl (C=O) groups excluding carboxylic acids is 1. The number of anilines is 1. The molecule has 4 heteroatoms. The number of piperidine rings is 1. The molecule has 0 aromatic carbocycles. The molecule has 1 fully saturated rings. The zero-order chi connectivity index (χ0) is 11.4. The fourth-order valence-corrected chi connectivity index (χ4v) is 1.89. The Balaban J connectivity index is 1.99. The highest BCUT2D eigenvalue weighted by Crippen LogP contribution is 2.14. The van der Waals surface area contributed by atoms with Crippen molar-refractivity contribution in [3.63, 3.8) is 0 Å². The summed E-state index contributed by atoms with van der Waals surface area (Å²) >= 11 is 0. The fraction of sp³-hybridized carbons (Fsp3) is 0.500. The predicted molar refractivity (Wildman–Crippen MR) is 63.2 cm³/mol. The van der Waals surface area contributed by atoms with Crippen LogP contribution in [-0.2, 0) is 4.79 Å². The Hall–Kier alpha value is -1.42. The van der Waals surface area contributed by atoms with Crippen molar-refractivity contribution >= 4 is 11.6 Å². The number of rotatable bonds is 2. The molecule has 2 N–H and O–H groups in total. The maximum atomic E-state index is 11.9. The summed E-state index contributed by atoms with van der Waals surface area (Å²) < 4.78 is 0. The number of pyridine rings is 1. The molecule has 2 heterocycles. The molecule has 2 rings (SSSR count). The summed E-state index contributed by atoms with van der Waals surface area (Å²) in [6.45, 7) is 2.90. The molecule has 1 unspecified atom stereocenters. The summed E-state index contributed by atoms with van der Waals surface area (Å²) in [6.07, 6.45) is 6.62. The van der Waals surface area contributed by atoms with Crippen molar-refractivity contribution < 1.29 is 4.79 Å². The Morgan fingerprint density at radius 2 is 2.44 bits per heavy atom. The van der Waals surface area contributed by atoms with Gasteiger partial charge in [-0.3, -0.25) is 9.78 Å². The number of nitrogens with one attached hydrogen (secondary N) is 2. The number of hydrogen-bond donors (Lipinski definition) is 2. The maximum absolute atomic E-state index is 11.9. The average molecular weight is 219 g/mol. The zero-order valence-corrected chi connectivity index (χ0v) is 9.49. The van der Waals surface area contributed by atoms with Gasteiger partial charge >= 0.3 is 0 Å². The molecule has 0 spiro atoms. The monoisotopic (exact) mass is 219 g/mol. The molecule has 1 aromatic rings. The summed E-state index contributed by atoms with van der Waals surface area (Å²) in [6, 6.07) is 1.84. The van der Waals surface area contributed by atoms with Crippen LogP contribution < -0.4 is 10.6 Å². The van der Waals surface area contributed by atoms with Crippen LogP contribution in [0.25, 0.3) is 0 Å². The van der Waals surface area contributed by atoms with E-state index in [9.17, 15) is 4.79 Å². The third kappa shape index (κ3) is 2.58. The number of aromatic nitrogens is 1. The first-order chi connectivity index (χ1) is 7.77. The van der Waals surface area contributed by atoms with E-state index in [0.29, 0.717) is 0 Å². The first-order valence-corrected chi connectivity index (χ1v) is 5.72. The minimum absolute atomic E-state index is 0.0478. The molecule has 1 aliphatic heterocycles. The largest absolute Gasteiger partial charge is 0.323 e. The highest BCUT2D eigenvalue weighted by molar-refractivity contribution is 5.95. The van der Waals surface area contributed by atoms with E-state index >= 15 is 0 Å². The lowest BCUT2D eigenvalue weighted by Crippen LogP contribution is -2.43. The minimum atomic E-state index is -0.0478. The molecule has 1 aliphatic rings. The summed E-state index contributed by atoms with van der Waals surface area (Å²) in [5.41, 5.74) is 1.85. The third-order valence-electron chi connectivity index (χ3n) is 2.92. The number of carbonyl (C=O) groups is 1. The summed E-state index contributed by atoms with van der Waals surface area (Å²) in [7, 11) is 0. The van der Waals surface area contributed by atoms with E-state index in [0.717, 1.165) is 37.1 Å². The van der Waals surface area contributed by atoms with E-state index < -0.39 is 0 Å². The van der Waals surface area contributed by atoms with E-state index in [4.69, 9.17) is 0 Å². The molecule has 4 nitrogen and oxygen atoms in total. The van der Waals surface area contributed by atoms with E-state index in [2.05, 4.69) is 15.6 Å². The molecule has 1 amide bonds. The number of nitrogens with zero attached hydrogens (tertiary/aromatic N) is 1. The Morgan fingerprint density at radius 1 is 1.56 bits per heavy atom. The van der Waals surface area contributed by atoms with E-state index in [1.165, 1.54) is 0 Å². The normalized spacial score (nSPS) is 20.4. The number of hydrogen-bond acceptors (Lipinski definition) is 3. The molecular formula is C12H17N3O. The quantitative estimate of drug-likeness (QED) is 0.792. The van der Waals surface area contributed by atoms with Gasteiger partial charge in [0.15, 0.2) is 0 Å². The average Bonchev–Trinajstić information content (AvgIpc) is 2.33. The van der Waals surface area contributed by atoms with Gasteiger partial charge < -0.3 is 10.6 Å². The van der Waals surface area contributed by atoms with Gasteiger partial charge in [-0.25, -0.2) is 0 Å². The second-order valence-corrected chi connectivity index (χ2v) is 4.18. The van der Waals surface area contributed by atoms with Gasteiger partial charge in [-0.1, -0.05) is 6.42 Å². The van der Waals surface area contributed by atoms with Gasteiger partial charge in [-0.05, 0) is 37.9 Å². The topological polar surface area (TPSA) is 54.0 Å². The molecule has 0 aliphatic carbocycles. The van der Waals surface area contributed by atoms with Crippen LogP contribution in [-0.4, -0.2) is 23.5 Å². The lowest BCUT2D eigenvalue weighted by molar-refractivity contribution is -0.118. The third-order valence-corrected chi connectivity index (χ3v) is 2.92. The van der Waals surface area contributed by atoms with Crippen LogP contribution in [0.4, 0.5) is 5.69 Å². The van der Waals surface area contributed by atoms with Crippen LogP contribution in [0.3, 0.4) is 0 Å². The van der Waals surface area contributed by atoms with Gasteiger partial charge in [0, 0.05) is 6.20 Å². The second kappa shape index (κ2) is 5.07. The molecule has 0 bridgehead atoms. The van der Waals surface area contributed by atoms with Crippen LogP contribution >= 0.6 is 0 Å². The molecule has 0 radical (unpaired) electrons. The maximum Gasteiger partial charge on any atom is 0.241 e. The van der Waals surface area contributed by atoms with Crippen LogP contribution in [0.15, 0.2) is 18.5 Å². The molecule has 16 heavy (non-hydrogen) atoms. The first kappa shape index (κ1) is 11.1. The summed E-state index contributed by atoms with van der Waals surface area (Å²) in [5, 5.41) is 6.14. The van der Waals surface area contributed by atoms with Crippen molar-refractivity contribution in [2.75, 3.05) is 11.9 Å². The van der Waals surface area contributed by atoms with Gasteiger partial charge in [-0.2, -0.15) is 0 Å². The molecule has 1 atom stereocenters. The van der Waals surface area contributed by atoms with Gasteiger partial charge in [0.05, 0.1) is 17.9 Å². The molecule has 0 saturated carbocycles. The fourth-order valence-electron chi connectivity index (χ4n) is 1.89. The number of aryl methyl sites for hydroxylation is 1. The van der Waals surface area contributed by atoms with Crippen molar-refractivity contribution in [3.05, 3.63) is 24.0 Å². The highest BCUT2D eigenvalue weighted by atomic mass is 16.2. The van der Waals surface area contributed by atoms with Gasteiger partial charge in [0.2, 0.25) is 5.91 Å². The van der Waals surface area contributed by atoms with E-state index in [1.54, 1.807) is 12.4 Å². The van der Waals surface area contributed by atoms with E-state index in [1.807, 2.05) is 13.0 Å². The van der Waals surface area contributed by atoms with Crippen LogP contribution in [0.5, 0.6) is 0 Å². The lowest BCUT2D eigenvalue weighted by Gasteiger charge is -2.22. The van der Waals surface area contributed by atoms with Crippen LogP contribution in [0, 0.1) is 6.92 Å². The van der Waals surface area contributed by atoms with Crippen LogP contribution in [0.1, 0.15) is 24.8 Å². The second-order valence-electron chi connectivity index (χ2n) is 4.18. The van der Waals surface area contributed by atoms with Gasteiger partial charge in [0.1, 0.15) is 0 Å². The molecule has 1 saturated heterocycles. The lowest BCUT2D eigenvalue weighted by atomic mass is 10.0. The van der Waals surface area contributed by atoms with Gasteiger partial charge in [-0.15, -0.1) is 0 Å². The van der Waals surface area contributed by atoms with Crippen molar-refractivity contribution in [1.29, 1.82) is 0 Å². The van der Waals surface area contributed by atoms with Gasteiger partial charge in [0.25, 0.3) is 0 Å². The minimum Gasteiger partial charge on any atom is -0.323 e. The standard InChI is InChI=1S/C12H17N3O/c1-9-5-7-13-8-11(9)15-12(16)10-4-2-3-6-14-10/h5,7-8,10,14H,2-4,6H2,1H3,(H,15,16). The summed E-state index contributed by atoms with van der Waals surface area (Å²) in [5.74, 6) is 0.0517. The summed E-state index contributed by atoms with van der Waals surface area (Å²) in [4.78, 5) is 15.9. The van der Waals surface area contributed by atoms with Crippen molar-refractivity contribution in [1.82, 2.24) is 10.3 Å². The molecule has 86 valence electrons. The molecular weight excluding hydrogens is 202 g/mol. The Kier molecular flexibility index (Phi) is 3.51. The van der Waals surface area contributed by atoms with Crippen molar-refractivity contribution in [2.45, 2.75) is 32.2 Å². The van der Waals surface area contributed by atoms with Crippen molar-refractivity contribution in [3.8, 4) is 0 Å². The first-order valence-electron chi connectivity index (χ1n) is 5.72. The Bertz CT molecular complexity index is 372. The zero-order valence-electron chi connectivity index (χ0n) is 9.49. The molecule has 1 aromatic heterocycles. The Morgan fingerprint density at radius 3 is 3.12 bits per heavy atom. The predicted octanol–water partition coefficient (Wildman–Crippen LogP) is 1.47. The SMILES string of the molecule is Cc1ccncc1NC(=O)C1CCCCN1. The number of amides is 1. The van der Waals surface area contributed by atoms with E-state index in [-0.39, 0.29) is 11.9 Å².